The lowest BCUT2D eigenvalue weighted by Crippen LogP contribution is -2.38. The number of hydrogen-bond acceptors (Lipinski definition) is 3. The molecular formula is C13H17FN2O3. The van der Waals surface area contributed by atoms with Crippen molar-refractivity contribution in [2.75, 3.05) is 12.3 Å². The van der Waals surface area contributed by atoms with Crippen LogP contribution in [-0.4, -0.2) is 34.5 Å². The second-order valence-electron chi connectivity index (χ2n) is 4.44. The highest BCUT2D eigenvalue weighted by molar-refractivity contribution is 5.99. The summed E-state index contributed by atoms with van der Waals surface area (Å²) >= 11 is 0. The van der Waals surface area contributed by atoms with Gasteiger partial charge in [-0.3, -0.25) is 9.59 Å². The Morgan fingerprint density at radius 2 is 2.05 bits per heavy atom. The van der Waals surface area contributed by atoms with Crippen LogP contribution in [0.25, 0.3) is 0 Å². The molecule has 0 atom stereocenters. The van der Waals surface area contributed by atoms with Crippen LogP contribution in [0.5, 0.6) is 0 Å². The third-order valence-electron chi connectivity index (χ3n) is 2.73. The van der Waals surface area contributed by atoms with Gasteiger partial charge < -0.3 is 15.7 Å². The predicted octanol–water partition coefficient (Wildman–Crippen LogP) is 1.73. The molecule has 1 amide bonds. The molecule has 0 unspecified atom stereocenters. The number of halogens is 1. The van der Waals surface area contributed by atoms with Crippen LogP contribution in [-0.2, 0) is 4.79 Å². The summed E-state index contributed by atoms with van der Waals surface area (Å²) in [6.45, 7) is 3.58. The maximum absolute atomic E-state index is 13.3. The lowest BCUT2D eigenvalue weighted by molar-refractivity contribution is -0.137. The Morgan fingerprint density at radius 3 is 2.58 bits per heavy atom. The largest absolute Gasteiger partial charge is 0.481 e. The minimum atomic E-state index is -0.995. The number of carbonyl (C=O) groups is 2. The molecule has 0 radical (unpaired) electrons. The number of nitrogens with zero attached hydrogens (tertiary/aromatic N) is 1. The first-order valence-corrected chi connectivity index (χ1v) is 5.91. The van der Waals surface area contributed by atoms with Crippen molar-refractivity contribution in [3.63, 3.8) is 0 Å². The van der Waals surface area contributed by atoms with E-state index in [9.17, 15) is 14.0 Å². The summed E-state index contributed by atoms with van der Waals surface area (Å²) in [6.07, 6.45) is -0.168. The van der Waals surface area contributed by atoms with Crippen molar-refractivity contribution in [1.82, 2.24) is 4.90 Å². The highest BCUT2D eigenvalue weighted by atomic mass is 19.1. The van der Waals surface area contributed by atoms with Crippen LogP contribution in [0.15, 0.2) is 18.2 Å². The molecule has 104 valence electrons. The fourth-order valence-electron chi connectivity index (χ4n) is 1.69. The van der Waals surface area contributed by atoms with Gasteiger partial charge in [-0.1, -0.05) is 6.07 Å². The zero-order valence-electron chi connectivity index (χ0n) is 10.9. The topological polar surface area (TPSA) is 83.6 Å². The van der Waals surface area contributed by atoms with Crippen molar-refractivity contribution in [2.24, 2.45) is 0 Å². The molecule has 6 heteroatoms. The molecule has 0 fully saturated rings. The number of carbonyl (C=O) groups excluding carboxylic acids is 1. The highest BCUT2D eigenvalue weighted by Crippen LogP contribution is 2.19. The number of carboxylic acids is 1. The van der Waals surface area contributed by atoms with Crippen molar-refractivity contribution in [3.05, 3.63) is 29.6 Å². The van der Waals surface area contributed by atoms with Gasteiger partial charge in [0, 0.05) is 12.6 Å². The van der Waals surface area contributed by atoms with Gasteiger partial charge >= 0.3 is 5.97 Å². The normalized spacial score (nSPS) is 10.5. The van der Waals surface area contributed by atoms with Gasteiger partial charge in [0.05, 0.1) is 17.7 Å². The van der Waals surface area contributed by atoms with Gasteiger partial charge in [0.15, 0.2) is 0 Å². The average molecular weight is 268 g/mol. The van der Waals surface area contributed by atoms with Crippen molar-refractivity contribution >= 4 is 17.6 Å². The van der Waals surface area contributed by atoms with Gasteiger partial charge in [-0.2, -0.15) is 0 Å². The molecule has 1 aromatic carbocycles. The Hall–Kier alpha value is -2.11. The number of anilines is 1. The van der Waals surface area contributed by atoms with Crippen molar-refractivity contribution in [2.45, 2.75) is 26.3 Å². The van der Waals surface area contributed by atoms with E-state index in [2.05, 4.69) is 0 Å². The summed E-state index contributed by atoms with van der Waals surface area (Å²) in [7, 11) is 0. The summed E-state index contributed by atoms with van der Waals surface area (Å²) in [4.78, 5) is 24.2. The average Bonchev–Trinajstić information content (AvgIpc) is 2.31. The van der Waals surface area contributed by atoms with E-state index in [1.54, 1.807) is 13.8 Å². The van der Waals surface area contributed by atoms with Crippen molar-refractivity contribution < 1.29 is 19.1 Å². The number of nitrogen functional groups attached to an aromatic ring is 1. The van der Waals surface area contributed by atoms with Crippen LogP contribution < -0.4 is 5.73 Å². The molecule has 0 spiro atoms. The van der Waals surface area contributed by atoms with Crippen LogP contribution in [0.1, 0.15) is 30.6 Å². The molecule has 19 heavy (non-hydrogen) atoms. The van der Waals surface area contributed by atoms with Crippen LogP contribution in [0, 0.1) is 5.82 Å². The standard InChI is InChI=1S/C13H17FN2O3/c1-8(2)16(7-6-11(17)18)13(19)9-4-3-5-10(14)12(9)15/h3-5,8H,6-7,15H2,1-2H3,(H,17,18). The maximum atomic E-state index is 13.3. The minimum Gasteiger partial charge on any atom is -0.481 e. The fraction of sp³-hybridized carbons (Fsp3) is 0.385. The van der Waals surface area contributed by atoms with Gasteiger partial charge in [0.2, 0.25) is 0 Å². The molecule has 0 aliphatic heterocycles. The molecule has 0 aliphatic rings. The third-order valence-corrected chi connectivity index (χ3v) is 2.73. The lowest BCUT2D eigenvalue weighted by atomic mass is 10.1. The molecule has 3 N–H and O–H groups in total. The van der Waals surface area contributed by atoms with E-state index in [1.807, 2.05) is 0 Å². The number of hydrogen-bond donors (Lipinski definition) is 2. The quantitative estimate of drug-likeness (QED) is 0.797. The Labute approximate surface area is 110 Å². The van der Waals surface area contributed by atoms with E-state index in [0.29, 0.717) is 0 Å². The maximum Gasteiger partial charge on any atom is 0.305 e. The highest BCUT2D eigenvalue weighted by Gasteiger charge is 2.22. The van der Waals surface area contributed by atoms with Gasteiger partial charge in [-0.25, -0.2) is 4.39 Å². The number of nitrogens with two attached hydrogens (primary N) is 1. The lowest BCUT2D eigenvalue weighted by Gasteiger charge is -2.26. The second-order valence-corrected chi connectivity index (χ2v) is 4.44. The van der Waals surface area contributed by atoms with Crippen LogP contribution >= 0.6 is 0 Å². The van der Waals surface area contributed by atoms with Gasteiger partial charge in [-0.05, 0) is 26.0 Å². The zero-order valence-corrected chi connectivity index (χ0v) is 10.9. The van der Waals surface area contributed by atoms with E-state index in [1.165, 1.54) is 23.1 Å². The second kappa shape index (κ2) is 6.17. The van der Waals surface area contributed by atoms with Gasteiger partial charge in [0.25, 0.3) is 5.91 Å². The third kappa shape index (κ3) is 3.67. The minimum absolute atomic E-state index is 0.0547. The Morgan fingerprint density at radius 1 is 1.42 bits per heavy atom. The molecule has 0 aromatic heterocycles. The number of para-hydroxylation sites is 1. The molecule has 1 rings (SSSR count). The van der Waals surface area contributed by atoms with E-state index in [4.69, 9.17) is 10.8 Å². The predicted molar refractivity (Wildman–Crippen MR) is 69.2 cm³/mol. The Balaban J connectivity index is 2.99. The van der Waals surface area contributed by atoms with Gasteiger partial charge in [0.1, 0.15) is 5.82 Å². The van der Waals surface area contributed by atoms with Gasteiger partial charge in [-0.15, -0.1) is 0 Å². The summed E-state index contributed by atoms with van der Waals surface area (Å²) < 4.78 is 13.3. The SMILES string of the molecule is CC(C)N(CCC(=O)O)C(=O)c1cccc(F)c1N. The number of rotatable bonds is 5. The molecule has 0 saturated heterocycles. The van der Waals surface area contributed by atoms with Crippen molar-refractivity contribution in [3.8, 4) is 0 Å². The summed E-state index contributed by atoms with van der Waals surface area (Å²) in [5.74, 6) is -2.12. The molecule has 0 bridgehead atoms. The Bertz CT molecular complexity index is 489. The monoisotopic (exact) mass is 268 g/mol. The van der Waals surface area contributed by atoms with E-state index in [-0.39, 0.29) is 30.3 Å². The summed E-state index contributed by atoms with van der Waals surface area (Å²) in [6, 6.07) is 3.80. The Kier molecular flexibility index (Phi) is 4.86. The molecule has 0 heterocycles. The molecular weight excluding hydrogens is 251 g/mol. The van der Waals surface area contributed by atoms with Crippen LogP contribution in [0.4, 0.5) is 10.1 Å². The van der Waals surface area contributed by atoms with Crippen LogP contribution in [0.3, 0.4) is 0 Å². The molecule has 0 saturated carbocycles. The fourth-order valence-corrected chi connectivity index (χ4v) is 1.69. The summed E-state index contributed by atoms with van der Waals surface area (Å²) in [5, 5.41) is 8.67. The molecule has 1 aromatic rings. The number of aliphatic carboxylic acids is 1. The van der Waals surface area contributed by atoms with Crippen molar-refractivity contribution in [1.29, 1.82) is 0 Å². The van der Waals surface area contributed by atoms with E-state index in [0.717, 1.165) is 0 Å². The number of amides is 1. The first-order valence-electron chi connectivity index (χ1n) is 5.91. The smallest absolute Gasteiger partial charge is 0.305 e. The first kappa shape index (κ1) is 14.9. The summed E-state index contributed by atoms with van der Waals surface area (Å²) in [5.41, 5.74) is 5.38. The molecule has 0 aliphatic carbocycles. The van der Waals surface area contributed by atoms with E-state index < -0.39 is 17.7 Å². The molecule has 5 nitrogen and oxygen atoms in total. The number of benzene rings is 1. The first-order chi connectivity index (χ1) is 8.84. The number of carboxylic acid groups (broad SMARTS) is 1. The van der Waals surface area contributed by atoms with E-state index >= 15 is 0 Å². The van der Waals surface area contributed by atoms with Crippen LogP contribution in [0.2, 0.25) is 0 Å². The zero-order chi connectivity index (χ0) is 14.6.